The SMILES string of the molecule is C#N.O=C(c1ccc(Oc2nccnc2N2CCCCC2)cc1)c1nc2ccccc2[nH]1. The van der Waals surface area contributed by atoms with Crippen molar-refractivity contribution in [1.82, 2.24) is 19.9 Å². The van der Waals surface area contributed by atoms with Crippen LogP contribution in [0, 0.1) is 11.8 Å². The molecule has 2 aromatic heterocycles. The summed E-state index contributed by atoms with van der Waals surface area (Å²) in [6.07, 6.45) is 6.85. The van der Waals surface area contributed by atoms with Crippen molar-refractivity contribution in [2.45, 2.75) is 19.3 Å². The zero-order valence-corrected chi connectivity index (χ0v) is 17.4. The summed E-state index contributed by atoms with van der Waals surface area (Å²) in [6.45, 7) is 5.42. The second kappa shape index (κ2) is 9.71. The number of imidazole rings is 1. The van der Waals surface area contributed by atoms with E-state index in [0.29, 0.717) is 23.0 Å². The van der Waals surface area contributed by atoms with Crippen LogP contribution in [0.15, 0.2) is 60.9 Å². The van der Waals surface area contributed by atoms with Gasteiger partial charge in [0.05, 0.1) is 11.0 Å². The number of hydrogen-bond donors (Lipinski definition) is 1. The molecule has 4 aromatic rings. The molecule has 5 rings (SSSR count). The molecule has 3 heterocycles. The van der Waals surface area contributed by atoms with E-state index in [2.05, 4.69) is 31.4 Å². The zero-order chi connectivity index (χ0) is 22.3. The fourth-order valence-electron chi connectivity index (χ4n) is 3.70. The van der Waals surface area contributed by atoms with E-state index in [4.69, 9.17) is 10.00 Å². The molecule has 1 saturated heterocycles. The number of nitrogens with one attached hydrogen (secondary N) is 1. The van der Waals surface area contributed by atoms with Crippen molar-refractivity contribution in [2.75, 3.05) is 18.0 Å². The second-order valence-corrected chi connectivity index (χ2v) is 7.29. The molecule has 1 aliphatic heterocycles. The van der Waals surface area contributed by atoms with Gasteiger partial charge in [0.25, 0.3) is 5.88 Å². The maximum Gasteiger partial charge on any atom is 0.263 e. The first kappa shape index (κ1) is 21.0. The van der Waals surface area contributed by atoms with Gasteiger partial charge in [0, 0.05) is 37.6 Å². The third-order valence-electron chi connectivity index (χ3n) is 5.24. The molecule has 32 heavy (non-hydrogen) atoms. The molecule has 0 radical (unpaired) electrons. The number of nitrogens with zero attached hydrogens (tertiary/aromatic N) is 5. The van der Waals surface area contributed by atoms with Crippen molar-refractivity contribution in [3.63, 3.8) is 0 Å². The number of carbonyl (C=O) groups is 1. The summed E-state index contributed by atoms with van der Waals surface area (Å²) in [5.74, 6) is 2.02. The standard InChI is InChI=1S/C23H21N5O2.CHN/c29-20(21-26-18-6-2-3-7-19(18)27-21)16-8-10-17(11-9-16)30-23-22(24-12-13-25-23)28-14-4-1-5-15-28;1-2/h2-3,6-13H,1,4-5,14-15H2,(H,26,27);1H. The lowest BCUT2D eigenvalue weighted by molar-refractivity contribution is 0.103. The summed E-state index contributed by atoms with van der Waals surface area (Å²) in [5, 5.41) is 6.50. The number of ether oxygens (including phenoxy) is 1. The molecule has 0 saturated carbocycles. The number of ketones is 1. The van der Waals surface area contributed by atoms with Gasteiger partial charge in [-0.25, -0.2) is 20.2 Å². The molecule has 0 spiro atoms. The molecule has 2 aromatic carbocycles. The minimum atomic E-state index is -0.161. The van der Waals surface area contributed by atoms with E-state index in [0.717, 1.165) is 42.8 Å². The van der Waals surface area contributed by atoms with Crippen LogP contribution in [-0.2, 0) is 0 Å². The minimum absolute atomic E-state index is 0.161. The summed E-state index contributed by atoms with van der Waals surface area (Å²) in [5.41, 5.74) is 2.15. The van der Waals surface area contributed by atoms with Gasteiger partial charge in [-0.05, 0) is 55.7 Å². The molecule has 1 aliphatic rings. The van der Waals surface area contributed by atoms with Crippen molar-refractivity contribution in [3.05, 3.63) is 72.3 Å². The maximum absolute atomic E-state index is 12.8. The molecular weight excluding hydrogens is 404 g/mol. The molecule has 0 bridgehead atoms. The Morgan fingerprint density at radius 3 is 2.44 bits per heavy atom. The van der Waals surface area contributed by atoms with Crippen LogP contribution in [0.25, 0.3) is 11.0 Å². The van der Waals surface area contributed by atoms with Gasteiger partial charge in [-0.2, -0.15) is 0 Å². The fourth-order valence-corrected chi connectivity index (χ4v) is 3.70. The number of anilines is 1. The van der Waals surface area contributed by atoms with E-state index in [1.54, 1.807) is 36.7 Å². The van der Waals surface area contributed by atoms with Crippen LogP contribution in [0.2, 0.25) is 0 Å². The average Bonchev–Trinajstić information content (AvgIpc) is 3.31. The molecule has 0 amide bonds. The van der Waals surface area contributed by atoms with Gasteiger partial charge in [-0.3, -0.25) is 4.79 Å². The molecule has 160 valence electrons. The first-order chi connectivity index (χ1) is 15.8. The Morgan fingerprint density at radius 2 is 1.69 bits per heavy atom. The highest BCUT2D eigenvalue weighted by atomic mass is 16.5. The first-order valence-corrected chi connectivity index (χ1v) is 10.4. The molecule has 0 atom stereocenters. The lowest BCUT2D eigenvalue weighted by atomic mass is 10.1. The predicted octanol–water partition coefficient (Wildman–Crippen LogP) is 4.51. The lowest BCUT2D eigenvalue weighted by Gasteiger charge is -2.28. The average molecular weight is 426 g/mol. The number of nitriles is 1. The van der Waals surface area contributed by atoms with Crippen molar-refractivity contribution in [2.24, 2.45) is 0 Å². The summed E-state index contributed by atoms with van der Waals surface area (Å²) < 4.78 is 6.00. The van der Waals surface area contributed by atoms with Crippen LogP contribution in [0.3, 0.4) is 0 Å². The topological polar surface area (TPSA) is 108 Å². The summed E-state index contributed by atoms with van der Waals surface area (Å²) in [7, 11) is 0. The van der Waals surface area contributed by atoms with E-state index in [9.17, 15) is 4.79 Å². The smallest absolute Gasteiger partial charge is 0.263 e. The fraction of sp³-hybridized carbons (Fsp3) is 0.208. The highest BCUT2D eigenvalue weighted by Gasteiger charge is 2.19. The van der Waals surface area contributed by atoms with Gasteiger partial charge in [-0.1, -0.05) is 12.1 Å². The predicted molar refractivity (Wildman–Crippen MR) is 121 cm³/mol. The van der Waals surface area contributed by atoms with Crippen LogP contribution < -0.4 is 9.64 Å². The van der Waals surface area contributed by atoms with Crippen molar-refractivity contribution in [1.29, 1.82) is 5.26 Å². The number of H-pyrrole nitrogens is 1. The number of aromatic amines is 1. The van der Waals surface area contributed by atoms with Crippen molar-refractivity contribution >= 4 is 22.6 Å². The number of hydrogen-bond acceptors (Lipinski definition) is 7. The maximum atomic E-state index is 12.8. The summed E-state index contributed by atoms with van der Waals surface area (Å²) in [4.78, 5) is 31.3. The van der Waals surface area contributed by atoms with Gasteiger partial charge in [0.2, 0.25) is 5.78 Å². The van der Waals surface area contributed by atoms with Crippen molar-refractivity contribution in [3.8, 4) is 18.2 Å². The highest BCUT2D eigenvalue weighted by Crippen LogP contribution is 2.30. The van der Waals surface area contributed by atoms with Crippen LogP contribution >= 0.6 is 0 Å². The van der Waals surface area contributed by atoms with E-state index >= 15 is 0 Å². The monoisotopic (exact) mass is 426 g/mol. The number of rotatable bonds is 5. The van der Waals surface area contributed by atoms with Crippen LogP contribution in [0.5, 0.6) is 11.6 Å². The largest absolute Gasteiger partial charge is 0.436 e. The second-order valence-electron chi connectivity index (χ2n) is 7.29. The Morgan fingerprint density at radius 1 is 0.969 bits per heavy atom. The summed E-state index contributed by atoms with van der Waals surface area (Å²) in [6, 6.07) is 14.6. The Hall–Kier alpha value is -4.25. The Labute approximate surface area is 185 Å². The number of fused-ring (bicyclic) bond motifs is 1. The van der Waals surface area contributed by atoms with E-state index in [-0.39, 0.29) is 5.78 Å². The molecule has 8 heteroatoms. The molecule has 0 aliphatic carbocycles. The van der Waals surface area contributed by atoms with Gasteiger partial charge < -0.3 is 14.6 Å². The van der Waals surface area contributed by atoms with Crippen molar-refractivity contribution < 1.29 is 9.53 Å². The van der Waals surface area contributed by atoms with Gasteiger partial charge in [0.1, 0.15) is 5.75 Å². The van der Waals surface area contributed by atoms with Crippen LogP contribution in [0.1, 0.15) is 35.4 Å². The van der Waals surface area contributed by atoms with E-state index in [1.807, 2.05) is 24.3 Å². The quantitative estimate of drug-likeness (QED) is 0.468. The Bertz CT molecular complexity index is 1190. The van der Waals surface area contributed by atoms with E-state index in [1.165, 1.54) is 6.42 Å². The number of piperidine rings is 1. The number of carbonyl (C=O) groups excluding carboxylic acids is 1. The van der Waals surface area contributed by atoms with Gasteiger partial charge in [0.15, 0.2) is 11.6 Å². The van der Waals surface area contributed by atoms with E-state index < -0.39 is 0 Å². The Kier molecular flexibility index (Phi) is 6.37. The zero-order valence-electron chi connectivity index (χ0n) is 17.4. The van der Waals surface area contributed by atoms with Crippen LogP contribution in [0.4, 0.5) is 5.82 Å². The third kappa shape index (κ3) is 4.42. The number of benzene rings is 2. The minimum Gasteiger partial charge on any atom is -0.436 e. The lowest BCUT2D eigenvalue weighted by Crippen LogP contribution is -2.30. The molecule has 1 N–H and O–H groups in total. The summed E-state index contributed by atoms with van der Waals surface area (Å²) >= 11 is 0. The van der Waals surface area contributed by atoms with Crippen LogP contribution in [-0.4, -0.2) is 38.8 Å². The normalized spacial score (nSPS) is 13.2. The molecular formula is C24H22N6O2. The number of para-hydroxylation sites is 2. The number of aromatic nitrogens is 4. The Balaban J connectivity index is 0.00000119. The van der Waals surface area contributed by atoms with Gasteiger partial charge in [-0.15, -0.1) is 0 Å². The molecule has 0 unspecified atom stereocenters. The van der Waals surface area contributed by atoms with Gasteiger partial charge >= 0.3 is 0 Å². The third-order valence-corrected chi connectivity index (χ3v) is 5.24. The highest BCUT2D eigenvalue weighted by molar-refractivity contribution is 6.08. The molecule has 8 nitrogen and oxygen atoms in total. The first-order valence-electron chi connectivity index (χ1n) is 10.4. The molecule has 1 fully saturated rings.